The number of thiophene rings is 1. The summed E-state index contributed by atoms with van der Waals surface area (Å²) >= 11 is 7.32. The van der Waals surface area contributed by atoms with E-state index < -0.39 is 0 Å². The Morgan fingerprint density at radius 2 is 2.05 bits per heavy atom. The molecule has 0 spiro atoms. The molecule has 19 heavy (non-hydrogen) atoms. The van der Waals surface area contributed by atoms with Gasteiger partial charge in [-0.15, -0.1) is 11.3 Å². The zero-order valence-corrected chi connectivity index (χ0v) is 12.7. The molecule has 0 aliphatic carbocycles. The SMILES string of the molecule is CCOC(=O)CCC(=O)N(CC)Cc1ccc(Cl)s1. The second-order valence-corrected chi connectivity index (χ2v) is 5.72. The standard InChI is InChI=1S/C13H18ClNO3S/c1-3-15(9-10-5-6-11(14)19-10)12(16)7-8-13(17)18-4-2/h5-6H,3-4,7-9H2,1-2H3. The third-order valence-electron chi connectivity index (χ3n) is 2.56. The molecule has 6 heteroatoms. The zero-order chi connectivity index (χ0) is 14.3. The van der Waals surface area contributed by atoms with Crippen molar-refractivity contribution in [3.05, 3.63) is 21.3 Å². The minimum atomic E-state index is -0.328. The van der Waals surface area contributed by atoms with Gasteiger partial charge in [-0.2, -0.15) is 0 Å². The zero-order valence-electron chi connectivity index (χ0n) is 11.1. The lowest BCUT2D eigenvalue weighted by atomic mass is 10.2. The Morgan fingerprint density at radius 1 is 1.32 bits per heavy atom. The van der Waals surface area contributed by atoms with Crippen LogP contribution in [0.3, 0.4) is 0 Å². The highest BCUT2D eigenvalue weighted by molar-refractivity contribution is 7.16. The average molecular weight is 304 g/mol. The van der Waals surface area contributed by atoms with Gasteiger partial charge in [-0.3, -0.25) is 9.59 Å². The maximum absolute atomic E-state index is 12.0. The molecule has 1 aromatic rings. The second-order valence-electron chi connectivity index (χ2n) is 3.92. The van der Waals surface area contributed by atoms with Crippen molar-refractivity contribution in [2.75, 3.05) is 13.2 Å². The monoisotopic (exact) mass is 303 g/mol. The molecule has 4 nitrogen and oxygen atoms in total. The van der Waals surface area contributed by atoms with Crippen LogP contribution in [0.4, 0.5) is 0 Å². The van der Waals surface area contributed by atoms with Crippen LogP contribution in [-0.4, -0.2) is 29.9 Å². The van der Waals surface area contributed by atoms with Gasteiger partial charge in [0.15, 0.2) is 0 Å². The van der Waals surface area contributed by atoms with E-state index in [0.29, 0.717) is 24.0 Å². The molecule has 1 aromatic heterocycles. The van der Waals surface area contributed by atoms with Crippen LogP contribution in [-0.2, 0) is 20.9 Å². The third kappa shape index (κ3) is 5.61. The number of ether oxygens (including phenoxy) is 1. The summed E-state index contributed by atoms with van der Waals surface area (Å²) in [6.07, 6.45) is 0.320. The Balaban J connectivity index is 2.45. The molecule has 1 rings (SSSR count). The summed E-state index contributed by atoms with van der Waals surface area (Å²) < 4.78 is 5.52. The number of carbonyl (C=O) groups excluding carboxylic acids is 2. The van der Waals surface area contributed by atoms with Crippen molar-refractivity contribution in [1.82, 2.24) is 4.90 Å². The molecule has 0 atom stereocenters. The molecule has 0 N–H and O–H groups in total. The van der Waals surface area contributed by atoms with E-state index in [4.69, 9.17) is 16.3 Å². The summed E-state index contributed by atoms with van der Waals surface area (Å²) in [7, 11) is 0. The van der Waals surface area contributed by atoms with Crippen molar-refractivity contribution >= 4 is 34.8 Å². The molecule has 0 saturated carbocycles. The molecule has 0 unspecified atom stereocenters. The Bertz CT molecular complexity index is 433. The number of halogens is 1. The lowest BCUT2D eigenvalue weighted by Crippen LogP contribution is -2.30. The largest absolute Gasteiger partial charge is 0.466 e. The van der Waals surface area contributed by atoms with E-state index >= 15 is 0 Å². The molecular formula is C13H18ClNO3S. The fourth-order valence-corrected chi connectivity index (χ4v) is 2.70. The Labute approximate surface area is 122 Å². The van der Waals surface area contributed by atoms with Crippen LogP contribution in [0, 0.1) is 0 Å². The maximum atomic E-state index is 12.0. The highest BCUT2D eigenvalue weighted by Gasteiger charge is 2.15. The van der Waals surface area contributed by atoms with Gasteiger partial charge in [-0.1, -0.05) is 11.6 Å². The minimum absolute atomic E-state index is 0.0416. The van der Waals surface area contributed by atoms with Crippen molar-refractivity contribution in [2.45, 2.75) is 33.2 Å². The molecular weight excluding hydrogens is 286 g/mol. The minimum Gasteiger partial charge on any atom is -0.466 e. The van der Waals surface area contributed by atoms with Crippen LogP contribution in [0.15, 0.2) is 12.1 Å². The summed E-state index contributed by atoms with van der Waals surface area (Å²) in [6.45, 7) is 5.15. The van der Waals surface area contributed by atoms with Crippen molar-refractivity contribution in [1.29, 1.82) is 0 Å². The van der Waals surface area contributed by atoms with Crippen molar-refractivity contribution < 1.29 is 14.3 Å². The van der Waals surface area contributed by atoms with Gasteiger partial charge >= 0.3 is 5.97 Å². The smallest absolute Gasteiger partial charge is 0.306 e. The fraction of sp³-hybridized carbons (Fsp3) is 0.538. The Morgan fingerprint density at radius 3 is 2.58 bits per heavy atom. The molecule has 0 radical (unpaired) electrons. The van der Waals surface area contributed by atoms with Crippen molar-refractivity contribution in [3.63, 3.8) is 0 Å². The number of carbonyl (C=O) groups is 2. The first-order chi connectivity index (χ1) is 9.06. The molecule has 0 bridgehead atoms. The van der Waals surface area contributed by atoms with E-state index in [9.17, 15) is 9.59 Å². The van der Waals surface area contributed by atoms with Gasteiger partial charge < -0.3 is 9.64 Å². The van der Waals surface area contributed by atoms with Gasteiger partial charge in [0.2, 0.25) is 5.91 Å². The summed E-state index contributed by atoms with van der Waals surface area (Å²) in [4.78, 5) is 25.9. The fourth-order valence-electron chi connectivity index (χ4n) is 1.60. The van der Waals surface area contributed by atoms with E-state index in [0.717, 1.165) is 4.88 Å². The summed E-state index contributed by atoms with van der Waals surface area (Å²) in [5.41, 5.74) is 0. The van der Waals surface area contributed by atoms with Gasteiger partial charge in [0.1, 0.15) is 0 Å². The van der Waals surface area contributed by atoms with Crippen LogP contribution < -0.4 is 0 Å². The van der Waals surface area contributed by atoms with Gasteiger partial charge in [0, 0.05) is 17.8 Å². The van der Waals surface area contributed by atoms with Gasteiger partial charge in [-0.25, -0.2) is 0 Å². The first-order valence-electron chi connectivity index (χ1n) is 6.24. The van der Waals surface area contributed by atoms with Gasteiger partial charge in [-0.05, 0) is 26.0 Å². The van der Waals surface area contributed by atoms with Crippen LogP contribution in [0.1, 0.15) is 31.6 Å². The number of rotatable bonds is 7. The number of nitrogens with zero attached hydrogens (tertiary/aromatic N) is 1. The predicted octanol–water partition coefficient (Wildman–Crippen LogP) is 3.09. The van der Waals surface area contributed by atoms with Crippen LogP contribution in [0.2, 0.25) is 4.34 Å². The first kappa shape index (κ1) is 16.0. The van der Waals surface area contributed by atoms with E-state index in [2.05, 4.69) is 0 Å². The maximum Gasteiger partial charge on any atom is 0.306 e. The van der Waals surface area contributed by atoms with Crippen molar-refractivity contribution in [3.8, 4) is 0 Å². The molecule has 0 fully saturated rings. The second kappa shape index (κ2) is 8.17. The highest BCUT2D eigenvalue weighted by atomic mass is 35.5. The lowest BCUT2D eigenvalue weighted by Gasteiger charge is -2.19. The third-order valence-corrected chi connectivity index (χ3v) is 3.77. The van der Waals surface area contributed by atoms with E-state index in [1.807, 2.05) is 19.1 Å². The summed E-state index contributed by atoms with van der Waals surface area (Å²) in [5, 5.41) is 0. The molecule has 106 valence electrons. The van der Waals surface area contributed by atoms with Crippen LogP contribution >= 0.6 is 22.9 Å². The molecule has 0 saturated heterocycles. The number of esters is 1. The molecule has 1 amide bonds. The van der Waals surface area contributed by atoms with E-state index in [1.54, 1.807) is 11.8 Å². The predicted molar refractivity (Wildman–Crippen MR) is 76.3 cm³/mol. The average Bonchev–Trinajstić information content (AvgIpc) is 2.79. The lowest BCUT2D eigenvalue weighted by molar-refractivity contribution is -0.145. The Kier molecular flexibility index (Phi) is 6.87. The number of hydrogen-bond donors (Lipinski definition) is 0. The van der Waals surface area contributed by atoms with E-state index in [-0.39, 0.29) is 24.7 Å². The van der Waals surface area contributed by atoms with E-state index in [1.165, 1.54) is 11.3 Å². The normalized spacial score (nSPS) is 10.3. The summed E-state index contributed by atoms with van der Waals surface area (Å²) in [5.74, 6) is -0.369. The summed E-state index contributed by atoms with van der Waals surface area (Å²) in [6, 6.07) is 3.73. The van der Waals surface area contributed by atoms with Crippen LogP contribution in [0.25, 0.3) is 0 Å². The molecule has 0 aliphatic rings. The Hall–Kier alpha value is -1.07. The quantitative estimate of drug-likeness (QED) is 0.727. The van der Waals surface area contributed by atoms with Gasteiger partial charge in [0.25, 0.3) is 0 Å². The topological polar surface area (TPSA) is 46.6 Å². The first-order valence-corrected chi connectivity index (χ1v) is 7.43. The number of amides is 1. The molecule has 0 aliphatic heterocycles. The molecule has 0 aromatic carbocycles. The molecule has 1 heterocycles. The van der Waals surface area contributed by atoms with Gasteiger partial charge in [0.05, 0.1) is 23.9 Å². The number of hydrogen-bond acceptors (Lipinski definition) is 4. The van der Waals surface area contributed by atoms with Crippen molar-refractivity contribution in [2.24, 2.45) is 0 Å². The highest BCUT2D eigenvalue weighted by Crippen LogP contribution is 2.22. The van der Waals surface area contributed by atoms with Crippen LogP contribution in [0.5, 0.6) is 0 Å².